The SMILES string of the molecule is CCOC(=O)C(C)(NC1CCCC1)c1ccc(Cl)cc1. The van der Waals surface area contributed by atoms with Crippen molar-refractivity contribution < 1.29 is 9.53 Å². The number of hydrogen-bond acceptors (Lipinski definition) is 3. The summed E-state index contributed by atoms with van der Waals surface area (Å²) in [5, 5.41) is 4.16. The lowest BCUT2D eigenvalue weighted by molar-refractivity contribution is -0.151. The Hall–Kier alpha value is -1.06. The number of carbonyl (C=O) groups is 1. The quantitative estimate of drug-likeness (QED) is 0.843. The van der Waals surface area contributed by atoms with Crippen LogP contribution in [-0.2, 0) is 15.1 Å². The van der Waals surface area contributed by atoms with Crippen LogP contribution >= 0.6 is 11.6 Å². The topological polar surface area (TPSA) is 38.3 Å². The molecule has 1 unspecified atom stereocenters. The monoisotopic (exact) mass is 295 g/mol. The summed E-state index contributed by atoms with van der Waals surface area (Å²) in [5.74, 6) is -0.228. The number of carbonyl (C=O) groups excluding carboxylic acids is 1. The van der Waals surface area contributed by atoms with Gasteiger partial charge < -0.3 is 4.74 Å². The predicted octanol–water partition coefficient (Wildman–Crippen LogP) is 3.65. The molecule has 0 saturated heterocycles. The lowest BCUT2D eigenvalue weighted by atomic mass is 9.90. The van der Waals surface area contributed by atoms with Gasteiger partial charge in [0, 0.05) is 11.1 Å². The van der Waals surface area contributed by atoms with E-state index < -0.39 is 5.54 Å². The molecule has 3 nitrogen and oxygen atoms in total. The Kier molecular flexibility index (Phi) is 5.06. The van der Waals surface area contributed by atoms with Gasteiger partial charge in [0.2, 0.25) is 0 Å². The lowest BCUT2D eigenvalue weighted by Gasteiger charge is -2.32. The summed E-state index contributed by atoms with van der Waals surface area (Å²) in [4.78, 5) is 12.4. The van der Waals surface area contributed by atoms with Crippen LogP contribution in [-0.4, -0.2) is 18.6 Å². The standard InChI is InChI=1S/C16H22ClNO2/c1-3-20-15(19)16(2,18-14-6-4-5-7-14)12-8-10-13(17)11-9-12/h8-11,14,18H,3-7H2,1-2H3. The highest BCUT2D eigenvalue weighted by Gasteiger charge is 2.39. The molecule has 0 amide bonds. The molecule has 1 fully saturated rings. The first-order chi connectivity index (χ1) is 9.56. The molecular formula is C16H22ClNO2. The van der Waals surface area contributed by atoms with Gasteiger partial charge in [-0.3, -0.25) is 5.32 Å². The first kappa shape index (κ1) is 15.3. The summed E-state index contributed by atoms with van der Waals surface area (Å²) in [6.07, 6.45) is 4.67. The Morgan fingerprint density at radius 2 is 1.95 bits per heavy atom. The second-order valence-electron chi connectivity index (χ2n) is 5.48. The van der Waals surface area contributed by atoms with E-state index in [2.05, 4.69) is 5.32 Å². The summed E-state index contributed by atoms with van der Waals surface area (Å²) in [6, 6.07) is 7.78. The number of rotatable bonds is 5. The molecule has 0 bridgehead atoms. The fourth-order valence-corrected chi connectivity index (χ4v) is 2.92. The van der Waals surface area contributed by atoms with Gasteiger partial charge in [0.15, 0.2) is 0 Å². The Balaban J connectivity index is 2.26. The smallest absolute Gasteiger partial charge is 0.330 e. The van der Waals surface area contributed by atoms with Crippen LogP contribution in [0, 0.1) is 0 Å². The minimum absolute atomic E-state index is 0.228. The molecule has 0 aliphatic heterocycles. The highest BCUT2D eigenvalue weighted by Crippen LogP contribution is 2.28. The molecule has 0 spiro atoms. The first-order valence-electron chi connectivity index (χ1n) is 7.27. The number of hydrogen-bond donors (Lipinski definition) is 1. The van der Waals surface area contributed by atoms with E-state index in [-0.39, 0.29) is 5.97 Å². The van der Waals surface area contributed by atoms with Crippen molar-refractivity contribution in [1.82, 2.24) is 5.32 Å². The Labute approximate surface area is 125 Å². The fraction of sp³-hybridized carbons (Fsp3) is 0.562. The Morgan fingerprint density at radius 1 is 1.35 bits per heavy atom. The van der Waals surface area contributed by atoms with Crippen LogP contribution < -0.4 is 5.32 Å². The largest absolute Gasteiger partial charge is 0.464 e. The zero-order valence-corrected chi connectivity index (χ0v) is 12.9. The molecule has 20 heavy (non-hydrogen) atoms. The molecule has 0 radical (unpaired) electrons. The summed E-state index contributed by atoms with van der Waals surface area (Å²) in [7, 11) is 0. The number of nitrogens with one attached hydrogen (secondary N) is 1. The van der Waals surface area contributed by atoms with Crippen molar-refractivity contribution >= 4 is 17.6 Å². The second kappa shape index (κ2) is 6.59. The van der Waals surface area contributed by atoms with Crippen molar-refractivity contribution in [2.45, 2.75) is 51.1 Å². The third kappa shape index (κ3) is 3.33. The first-order valence-corrected chi connectivity index (χ1v) is 7.65. The van der Waals surface area contributed by atoms with E-state index in [4.69, 9.17) is 16.3 Å². The van der Waals surface area contributed by atoms with Gasteiger partial charge in [0.05, 0.1) is 6.61 Å². The van der Waals surface area contributed by atoms with Gasteiger partial charge >= 0.3 is 5.97 Å². The van der Waals surface area contributed by atoms with Crippen molar-refractivity contribution in [3.8, 4) is 0 Å². The summed E-state index contributed by atoms with van der Waals surface area (Å²) < 4.78 is 5.27. The maximum absolute atomic E-state index is 12.4. The van der Waals surface area contributed by atoms with Gasteiger partial charge in [-0.15, -0.1) is 0 Å². The average Bonchev–Trinajstić information content (AvgIpc) is 2.92. The van der Waals surface area contributed by atoms with E-state index in [1.54, 1.807) is 0 Å². The Morgan fingerprint density at radius 3 is 2.50 bits per heavy atom. The van der Waals surface area contributed by atoms with Gasteiger partial charge in [-0.1, -0.05) is 36.6 Å². The van der Waals surface area contributed by atoms with Crippen molar-refractivity contribution in [1.29, 1.82) is 0 Å². The van der Waals surface area contributed by atoms with E-state index in [0.29, 0.717) is 17.7 Å². The van der Waals surface area contributed by atoms with Crippen molar-refractivity contribution in [3.63, 3.8) is 0 Å². The summed E-state index contributed by atoms with van der Waals surface area (Å²) in [6.45, 7) is 4.11. The molecule has 1 N–H and O–H groups in total. The number of ether oxygens (including phenoxy) is 1. The highest BCUT2D eigenvalue weighted by atomic mass is 35.5. The Bertz CT molecular complexity index is 454. The minimum atomic E-state index is -0.810. The van der Waals surface area contributed by atoms with E-state index in [1.165, 1.54) is 12.8 Å². The van der Waals surface area contributed by atoms with Crippen LogP contribution in [0.25, 0.3) is 0 Å². The molecule has 4 heteroatoms. The molecule has 1 aliphatic carbocycles. The lowest BCUT2D eigenvalue weighted by Crippen LogP contribution is -2.51. The molecule has 1 atom stereocenters. The van der Waals surface area contributed by atoms with Crippen LogP contribution in [0.2, 0.25) is 5.02 Å². The minimum Gasteiger partial charge on any atom is -0.464 e. The van der Waals surface area contributed by atoms with Crippen LogP contribution in [0.1, 0.15) is 45.1 Å². The number of benzene rings is 1. The van der Waals surface area contributed by atoms with E-state index in [9.17, 15) is 4.79 Å². The molecule has 1 aromatic rings. The summed E-state index contributed by atoms with van der Waals surface area (Å²) >= 11 is 5.94. The zero-order valence-electron chi connectivity index (χ0n) is 12.1. The zero-order chi connectivity index (χ0) is 14.6. The van der Waals surface area contributed by atoms with Crippen LogP contribution in [0.4, 0.5) is 0 Å². The van der Waals surface area contributed by atoms with Gasteiger partial charge in [-0.05, 0) is 44.4 Å². The molecule has 0 heterocycles. The maximum atomic E-state index is 12.4. The van der Waals surface area contributed by atoms with E-state index in [1.807, 2.05) is 38.1 Å². The van der Waals surface area contributed by atoms with Gasteiger partial charge in [0.25, 0.3) is 0 Å². The number of halogens is 1. The van der Waals surface area contributed by atoms with Crippen LogP contribution in [0.5, 0.6) is 0 Å². The maximum Gasteiger partial charge on any atom is 0.330 e. The average molecular weight is 296 g/mol. The van der Waals surface area contributed by atoms with Crippen molar-refractivity contribution in [2.75, 3.05) is 6.61 Å². The summed E-state index contributed by atoms with van der Waals surface area (Å²) in [5.41, 5.74) is 0.0857. The van der Waals surface area contributed by atoms with Crippen molar-refractivity contribution in [2.24, 2.45) is 0 Å². The van der Waals surface area contributed by atoms with Gasteiger partial charge in [-0.25, -0.2) is 4.79 Å². The third-order valence-corrected chi connectivity index (χ3v) is 4.21. The second-order valence-corrected chi connectivity index (χ2v) is 5.91. The molecule has 1 saturated carbocycles. The molecule has 1 aromatic carbocycles. The highest BCUT2D eigenvalue weighted by molar-refractivity contribution is 6.30. The normalized spacial score (nSPS) is 18.8. The van der Waals surface area contributed by atoms with Crippen LogP contribution in [0.15, 0.2) is 24.3 Å². The molecular weight excluding hydrogens is 274 g/mol. The molecule has 2 rings (SSSR count). The van der Waals surface area contributed by atoms with Crippen molar-refractivity contribution in [3.05, 3.63) is 34.9 Å². The van der Waals surface area contributed by atoms with Crippen LogP contribution in [0.3, 0.4) is 0 Å². The van der Waals surface area contributed by atoms with E-state index in [0.717, 1.165) is 18.4 Å². The van der Waals surface area contributed by atoms with Gasteiger partial charge in [0.1, 0.15) is 5.54 Å². The molecule has 110 valence electrons. The predicted molar refractivity (Wildman–Crippen MR) is 80.8 cm³/mol. The molecule has 1 aliphatic rings. The van der Waals surface area contributed by atoms with Gasteiger partial charge in [-0.2, -0.15) is 0 Å². The van der Waals surface area contributed by atoms with E-state index >= 15 is 0 Å². The molecule has 0 aromatic heterocycles. The third-order valence-electron chi connectivity index (χ3n) is 3.95. The number of esters is 1. The fourth-order valence-electron chi connectivity index (χ4n) is 2.80.